The molecule has 0 saturated heterocycles. The highest BCUT2D eigenvalue weighted by molar-refractivity contribution is 5.62. The molecule has 106 valence electrons. The van der Waals surface area contributed by atoms with Crippen LogP contribution in [0.5, 0.6) is 5.75 Å². The van der Waals surface area contributed by atoms with Crippen molar-refractivity contribution in [2.24, 2.45) is 0 Å². The second-order valence-electron chi connectivity index (χ2n) is 4.58. The molecule has 0 atom stereocenters. The van der Waals surface area contributed by atoms with Crippen molar-refractivity contribution in [1.29, 1.82) is 0 Å². The number of aryl methyl sites for hydroxylation is 1. The van der Waals surface area contributed by atoms with Crippen LogP contribution in [0.15, 0.2) is 23.3 Å². The Kier molecular flexibility index (Phi) is 4.50. The van der Waals surface area contributed by atoms with E-state index < -0.39 is 0 Å². The lowest BCUT2D eigenvalue weighted by Gasteiger charge is -2.09. The fourth-order valence-electron chi connectivity index (χ4n) is 2.01. The van der Waals surface area contributed by atoms with E-state index in [0.717, 1.165) is 18.4 Å². The van der Waals surface area contributed by atoms with E-state index in [1.54, 1.807) is 19.3 Å². The second kappa shape index (κ2) is 6.32. The smallest absolute Gasteiger partial charge is 0.254 e. The Morgan fingerprint density at radius 1 is 1.30 bits per heavy atom. The Bertz CT molecular complexity index is 650. The van der Waals surface area contributed by atoms with E-state index in [9.17, 15) is 4.79 Å². The Labute approximate surface area is 118 Å². The molecule has 2 rings (SSSR count). The minimum absolute atomic E-state index is 0.0970. The van der Waals surface area contributed by atoms with Gasteiger partial charge in [0.25, 0.3) is 5.56 Å². The van der Waals surface area contributed by atoms with Gasteiger partial charge < -0.3 is 9.72 Å². The van der Waals surface area contributed by atoms with Crippen molar-refractivity contribution in [3.05, 3.63) is 40.2 Å². The van der Waals surface area contributed by atoms with Crippen LogP contribution < -0.4 is 10.3 Å². The third kappa shape index (κ3) is 3.04. The van der Waals surface area contributed by atoms with E-state index in [4.69, 9.17) is 4.74 Å². The van der Waals surface area contributed by atoms with Crippen molar-refractivity contribution in [2.45, 2.75) is 33.6 Å². The molecule has 2 aromatic heterocycles. The number of hydrogen-bond donors (Lipinski definition) is 1. The first-order chi connectivity index (χ1) is 9.65. The van der Waals surface area contributed by atoms with Crippen molar-refractivity contribution in [2.75, 3.05) is 6.61 Å². The molecule has 0 spiro atoms. The summed E-state index contributed by atoms with van der Waals surface area (Å²) in [5.41, 5.74) is 1.98. The normalized spacial score (nSPS) is 10.6. The van der Waals surface area contributed by atoms with Crippen LogP contribution in [-0.2, 0) is 6.42 Å². The molecule has 0 aliphatic rings. The molecule has 20 heavy (non-hydrogen) atoms. The molecule has 5 nitrogen and oxygen atoms in total. The number of nitrogens with zero attached hydrogens (tertiary/aromatic N) is 2. The Morgan fingerprint density at radius 2 is 2.10 bits per heavy atom. The number of aromatic amines is 1. The molecule has 0 unspecified atom stereocenters. The quantitative estimate of drug-likeness (QED) is 0.908. The van der Waals surface area contributed by atoms with Gasteiger partial charge in [-0.2, -0.15) is 0 Å². The largest absolute Gasteiger partial charge is 0.492 e. The summed E-state index contributed by atoms with van der Waals surface area (Å²) in [5.74, 6) is 1.39. The third-order valence-electron chi connectivity index (χ3n) is 2.98. The van der Waals surface area contributed by atoms with Crippen LogP contribution in [0, 0.1) is 6.92 Å². The average Bonchev–Trinajstić information content (AvgIpc) is 2.43. The highest BCUT2D eigenvalue weighted by atomic mass is 16.5. The maximum Gasteiger partial charge on any atom is 0.254 e. The Balaban J connectivity index is 2.50. The van der Waals surface area contributed by atoms with Gasteiger partial charge in [0.1, 0.15) is 11.6 Å². The predicted molar refractivity (Wildman–Crippen MR) is 78.0 cm³/mol. The topological polar surface area (TPSA) is 67.9 Å². The van der Waals surface area contributed by atoms with Gasteiger partial charge >= 0.3 is 0 Å². The summed E-state index contributed by atoms with van der Waals surface area (Å²) in [6.07, 6.45) is 5.04. The first-order valence-corrected chi connectivity index (χ1v) is 6.83. The molecule has 0 aromatic carbocycles. The fourth-order valence-corrected chi connectivity index (χ4v) is 2.01. The standard InChI is InChI=1S/C15H19N3O2/c1-4-6-13-17-14(10(3)15(19)18-13)11-7-12(20-5-2)9-16-8-11/h7-9H,4-6H2,1-3H3,(H,17,18,19). The predicted octanol–water partition coefficient (Wildman–Crippen LogP) is 2.49. The molecule has 0 radical (unpaired) electrons. The zero-order valence-corrected chi connectivity index (χ0v) is 12.1. The van der Waals surface area contributed by atoms with Crippen LogP contribution in [0.25, 0.3) is 11.3 Å². The molecule has 2 aromatic rings. The van der Waals surface area contributed by atoms with Crippen LogP contribution in [-0.4, -0.2) is 21.6 Å². The molecular weight excluding hydrogens is 254 g/mol. The first kappa shape index (κ1) is 14.2. The van der Waals surface area contributed by atoms with E-state index in [-0.39, 0.29) is 5.56 Å². The fraction of sp³-hybridized carbons (Fsp3) is 0.400. The number of nitrogens with one attached hydrogen (secondary N) is 1. The van der Waals surface area contributed by atoms with Crippen molar-refractivity contribution in [1.82, 2.24) is 15.0 Å². The molecule has 0 saturated carbocycles. The molecule has 1 N–H and O–H groups in total. The summed E-state index contributed by atoms with van der Waals surface area (Å²) in [6.45, 7) is 6.32. The monoisotopic (exact) mass is 273 g/mol. The Hall–Kier alpha value is -2.17. The summed E-state index contributed by atoms with van der Waals surface area (Å²) >= 11 is 0. The number of aromatic nitrogens is 3. The maximum atomic E-state index is 12.0. The van der Waals surface area contributed by atoms with Gasteiger partial charge in [0, 0.05) is 23.7 Å². The summed E-state index contributed by atoms with van der Waals surface area (Å²) in [7, 11) is 0. The molecule has 0 aliphatic heterocycles. The zero-order valence-electron chi connectivity index (χ0n) is 12.1. The maximum absolute atomic E-state index is 12.0. The van der Waals surface area contributed by atoms with Crippen LogP contribution in [0.2, 0.25) is 0 Å². The number of H-pyrrole nitrogens is 1. The van der Waals surface area contributed by atoms with Crippen LogP contribution in [0.1, 0.15) is 31.7 Å². The molecular formula is C15H19N3O2. The molecule has 5 heteroatoms. The summed E-state index contributed by atoms with van der Waals surface area (Å²) in [4.78, 5) is 23.5. The van der Waals surface area contributed by atoms with Crippen molar-refractivity contribution < 1.29 is 4.74 Å². The number of hydrogen-bond acceptors (Lipinski definition) is 4. The van der Waals surface area contributed by atoms with Gasteiger partial charge in [0.05, 0.1) is 18.5 Å². The van der Waals surface area contributed by atoms with E-state index >= 15 is 0 Å². The van der Waals surface area contributed by atoms with Crippen molar-refractivity contribution >= 4 is 0 Å². The Morgan fingerprint density at radius 3 is 2.80 bits per heavy atom. The molecule has 0 aliphatic carbocycles. The lowest BCUT2D eigenvalue weighted by atomic mass is 10.1. The van der Waals surface area contributed by atoms with Gasteiger partial charge in [0.15, 0.2) is 0 Å². The number of rotatable bonds is 5. The van der Waals surface area contributed by atoms with Gasteiger partial charge in [-0.1, -0.05) is 6.92 Å². The van der Waals surface area contributed by atoms with Crippen molar-refractivity contribution in [3.63, 3.8) is 0 Å². The van der Waals surface area contributed by atoms with Gasteiger partial charge in [-0.25, -0.2) is 4.98 Å². The summed E-state index contributed by atoms with van der Waals surface area (Å²) in [6, 6.07) is 1.86. The highest BCUT2D eigenvalue weighted by Crippen LogP contribution is 2.22. The van der Waals surface area contributed by atoms with Gasteiger partial charge in [0.2, 0.25) is 0 Å². The number of ether oxygens (including phenoxy) is 1. The van der Waals surface area contributed by atoms with E-state index in [1.165, 1.54) is 0 Å². The average molecular weight is 273 g/mol. The lowest BCUT2D eigenvalue weighted by Crippen LogP contribution is -2.16. The molecule has 0 bridgehead atoms. The lowest BCUT2D eigenvalue weighted by molar-refractivity contribution is 0.339. The molecule has 0 fully saturated rings. The zero-order chi connectivity index (χ0) is 14.5. The summed E-state index contributed by atoms with van der Waals surface area (Å²) in [5, 5.41) is 0. The van der Waals surface area contributed by atoms with Crippen LogP contribution >= 0.6 is 0 Å². The van der Waals surface area contributed by atoms with E-state index in [1.807, 2.05) is 13.0 Å². The SMILES string of the molecule is CCCc1nc(-c2cncc(OCC)c2)c(C)c(=O)[nH]1. The molecule has 2 heterocycles. The third-order valence-corrected chi connectivity index (χ3v) is 2.98. The van der Waals surface area contributed by atoms with Crippen molar-refractivity contribution in [3.8, 4) is 17.0 Å². The highest BCUT2D eigenvalue weighted by Gasteiger charge is 2.10. The molecule has 0 amide bonds. The van der Waals surface area contributed by atoms with Gasteiger partial charge in [-0.05, 0) is 26.3 Å². The first-order valence-electron chi connectivity index (χ1n) is 6.83. The minimum Gasteiger partial charge on any atom is -0.492 e. The van der Waals surface area contributed by atoms with E-state index in [2.05, 4.69) is 21.9 Å². The summed E-state index contributed by atoms with van der Waals surface area (Å²) < 4.78 is 5.44. The second-order valence-corrected chi connectivity index (χ2v) is 4.58. The van der Waals surface area contributed by atoms with Crippen LogP contribution in [0.3, 0.4) is 0 Å². The van der Waals surface area contributed by atoms with Gasteiger partial charge in [-0.3, -0.25) is 9.78 Å². The van der Waals surface area contributed by atoms with Gasteiger partial charge in [-0.15, -0.1) is 0 Å². The van der Waals surface area contributed by atoms with Crippen LogP contribution in [0.4, 0.5) is 0 Å². The number of pyridine rings is 1. The van der Waals surface area contributed by atoms with E-state index in [0.29, 0.717) is 29.4 Å². The minimum atomic E-state index is -0.0970.